The predicted molar refractivity (Wildman–Crippen MR) is 81.3 cm³/mol. The van der Waals surface area contributed by atoms with Crippen molar-refractivity contribution in [2.45, 2.75) is 17.4 Å². The van der Waals surface area contributed by atoms with Gasteiger partial charge in [-0.1, -0.05) is 39.7 Å². The number of halogens is 2. The zero-order valence-corrected chi connectivity index (χ0v) is 13.3. The van der Waals surface area contributed by atoms with Crippen LogP contribution in [-0.2, 0) is 14.3 Å². The van der Waals surface area contributed by atoms with Crippen molar-refractivity contribution in [3.05, 3.63) is 29.3 Å². The molecule has 0 unspecified atom stereocenters. The van der Waals surface area contributed by atoms with Crippen molar-refractivity contribution in [1.82, 2.24) is 0 Å². The molecule has 1 amide bonds. The molecule has 0 radical (unpaired) electrons. The molecule has 2 aliphatic carbocycles. The summed E-state index contributed by atoms with van der Waals surface area (Å²) < 4.78 is 5.41. The minimum Gasteiger partial charge on any atom is -0.461 e. The number of carbonyl (C=O) groups excluding carboxylic acids is 2. The Labute approximate surface area is 135 Å². The molecule has 2 bridgehead atoms. The number of hydrogen-bond acceptors (Lipinski definition) is 3. The highest BCUT2D eigenvalue weighted by Crippen LogP contribution is 2.60. The van der Waals surface area contributed by atoms with E-state index in [-0.39, 0.29) is 46.5 Å². The Balaban J connectivity index is 1.61. The molecule has 110 valence electrons. The molecule has 1 heterocycles. The van der Waals surface area contributed by atoms with Gasteiger partial charge in [-0.2, -0.15) is 0 Å². The van der Waals surface area contributed by atoms with Gasteiger partial charge < -0.3 is 10.1 Å². The van der Waals surface area contributed by atoms with Crippen molar-refractivity contribution in [3.63, 3.8) is 0 Å². The number of rotatable bonds is 2. The van der Waals surface area contributed by atoms with Crippen LogP contribution in [0.4, 0.5) is 5.69 Å². The first-order valence-electron chi connectivity index (χ1n) is 6.98. The quantitative estimate of drug-likeness (QED) is 0.643. The van der Waals surface area contributed by atoms with Gasteiger partial charge >= 0.3 is 5.97 Å². The number of ether oxygens (including phenoxy) is 1. The summed E-state index contributed by atoms with van der Waals surface area (Å²) in [6, 6.07) is 7.11. The molecule has 0 aromatic heterocycles. The average molecular weight is 371 g/mol. The van der Waals surface area contributed by atoms with Crippen LogP contribution in [0, 0.1) is 23.7 Å². The van der Waals surface area contributed by atoms with E-state index in [1.54, 1.807) is 12.1 Å². The number of nitrogens with one attached hydrogen (secondary N) is 1. The fourth-order valence-electron chi connectivity index (χ4n) is 4.11. The molecule has 2 saturated carbocycles. The van der Waals surface area contributed by atoms with Crippen LogP contribution in [0.1, 0.15) is 6.42 Å². The highest BCUT2D eigenvalue weighted by Gasteiger charge is 2.67. The summed E-state index contributed by atoms with van der Waals surface area (Å²) in [6.45, 7) is 0. The Morgan fingerprint density at radius 1 is 1.33 bits per heavy atom. The van der Waals surface area contributed by atoms with Crippen LogP contribution >= 0.6 is 27.5 Å². The fourth-order valence-corrected chi connectivity index (χ4v) is 5.34. The highest BCUT2D eigenvalue weighted by atomic mass is 79.9. The van der Waals surface area contributed by atoms with Gasteiger partial charge in [0, 0.05) is 5.92 Å². The molecule has 4 nitrogen and oxygen atoms in total. The van der Waals surface area contributed by atoms with Gasteiger partial charge in [-0.3, -0.25) is 9.59 Å². The predicted octanol–water partition coefficient (Wildman–Crippen LogP) is 2.85. The lowest BCUT2D eigenvalue weighted by molar-refractivity contribution is -0.145. The van der Waals surface area contributed by atoms with Gasteiger partial charge in [-0.25, -0.2) is 0 Å². The van der Waals surface area contributed by atoms with E-state index >= 15 is 0 Å². The third-order valence-electron chi connectivity index (χ3n) is 4.96. The van der Waals surface area contributed by atoms with E-state index in [0.29, 0.717) is 10.7 Å². The van der Waals surface area contributed by atoms with E-state index in [1.807, 2.05) is 12.1 Å². The van der Waals surface area contributed by atoms with E-state index in [0.717, 1.165) is 6.42 Å². The number of amides is 1. The van der Waals surface area contributed by atoms with Crippen LogP contribution in [0.3, 0.4) is 0 Å². The molecule has 6 heteroatoms. The summed E-state index contributed by atoms with van der Waals surface area (Å²) in [4.78, 5) is 24.7. The summed E-state index contributed by atoms with van der Waals surface area (Å²) in [6.07, 6.45) is 0.814. The smallest absolute Gasteiger partial charge is 0.310 e. The van der Waals surface area contributed by atoms with Crippen molar-refractivity contribution in [2.75, 3.05) is 5.32 Å². The van der Waals surface area contributed by atoms with E-state index in [9.17, 15) is 9.59 Å². The van der Waals surface area contributed by atoms with Gasteiger partial charge in [0.25, 0.3) is 0 Å². The minimum atomic E-state index is -0.332. The Morgan fingerprint density at radius 2 is 2.10 bits per heavy atom. The maximum Gasteiger partial charge on any atom is 0.310 e. The molecule has 1 aliphatic heterocycles. The zero-order valence-electron chi connectivity index (χ0n) is 11.0. The number of esters is 1. The second kappa shape index (κ2) is 4.71. The fraction of sp³-hybridized carbons (Fsp3) is 0.467. The SMILES string of the molecule is O=C(Nc1ccccc1Cl)[C@@H]1[C@H]2C[C@H]3[C@H](OC(=O)[C@H]31)[C@H]2Br. The Kier molecular flexibility index (Phi) is 3.05. The van der Waals surface area contributed by atoms with Gasteiger partial charge in [-0.05, 0) is 24.5 Å². The van der Waals surface area contributed by atoms with Crippen LogP contribution < -0.4 is 5.32 Å². The number of fused-ring (bicyclic) bond motifs is 1. The topological polar surface area (TPSA) is 55.4 Å². The monoisotopic (exact) mass is 369 g/mol. The lowest BCUT2D eigenvalue weighted by Gasteiger charge is -2.27. The third-order valence-corrected chi connectivity index (χ3v) is 6.49. The number of carbonyl (C=O) groups is 2. The standard InChI is InChI=1S/C15H13BrClNO3/c16-12-6-5-7-11(15(20)21-13(7)12)10(6)14(19)18-9-4-2-1-3-8(9)17/h1-4,6-7,10-13H,5H2,(H,18,19)/t6-,7-,10-,11-,12+,13+/m1/s1. The van der Waals surface area contributed by atoms with E-state index < -0.39 is 0 Å². The lowest BCUT2D eigenvalue weighted by atomic mass is 9.79. The second-order valence-corrected chi connectivity index (χ2v) is 7.39. The molecule has 3 fully saturated rings. The van der Waals surface area contributed by atoms with Gasteiger partial charge in [-0.15, -0.1) is 0 Å². The molecule has 21 heavy (non-hydrogen) atoms. The second-order valence-electron chi connectivity index (χ2n) is 5.93. The molecule has 1 aromatic carbocycles. The first-order chi connectivity index (χ1) is 10.1. The molecule has 1 saturated heterocycles. The van der Waals surface area contributed by atoms with Crippen molar-refractivity contribution in [2.24, 2.45) is 23.7 Å². The van der Waals surface area contributed by atoms with Crippen LogP contribution in [-0.4, -0.2) is 22.8 Å². The first-order valence-corrected chi connectivity index (χ1v) is 8.27. The Hall–Kier alpha value is -1.07. The molecule has 6 atom stereocenters. The van der Waals surface area contributed by atoms with Crippen molar-refractivity contribution in [3.8, 4) is 0 Å². The number of anilines is 1. The average Bonchev–Trinajstić information content (AvgIpc) is 3.05. The maximum atomic E-state index is 12.6. The Bertz CT molecular complexity index is 637. The maximum absolute atomic E-state index is 12.6. The number of alkyl halides is 1. The molecule has 1 N–H and O–H groups in total. The summed E-state index contributed by atoms with van der Waals surface area (Å²) in [7, 11) is 0. The van der Waals surface area contributed by atoms with Gasteiger partial charge in [0.05, 0.1) is 27.4 Å². The number of hydrogen-bond donors (Lipinski definition) is 1. The highest BCUT2D eigenvalue weighted by molar-refractivity contribution is 9.09. The molecule has 1 aromatic rings. The number of benzene rings is 1. The van der Waals surface area contributed by atoms with E-state index in [4.69, 9.17) is 16.3 Å². The van der Waals surface area contributed by atoms with Crippen LogP contribution in [0.5, 0.6) is 0 Å². The van der Waals surface area contributed by atoms with Gasteiger partial charge in [0.15, 0.2) is 0 Å². The third kappa shape index (κ3) is 1.87. The number of para-hydroxylation sites is 1. The zero-order chi connectivity index (χ0) is 14.7. The lowest BCUT2D eigenvalue weighted by Crippen LogP contribution is -2.40. The normalized spacial score (nSPS) is 39.4. The largest absolute Gasteiger partial charge is 0.461 e. The van der Waals surface area contributed by atoms with Crippen molar-refractivity contribution < 1.29 is 14.3 Å². The van der Waals surface area contributed by atoms with Crippen LogP contribution in [0.2, 0.25) is 5.02 Å². The summed E-state index contributed by atoms with van der Waals surface area (Å²) >= 11 is 9.68. The van der Waals surface area contributed by atoms with Crippen molar-refractivity contribution in [1.29, 1.82) is 0 Å². The van der Waals surface area contributed by atoms with E-state index in [1.165, 1.54) is 0 Å². The Morgan fingerprint density at radius 3 is 2.86 bits per heavy atom. The summed E-state index contributed by atoms with van der Waals surface area (Å²) in [5.41, 5.74) is 0.584. The van der Waals surface area contributed by atoms with Crippen molar-refractivity contribution >= 4 is 45.1 Å². The first kappa shape index (κ1) is 13.6. The molecule has 3 aliphatic rings. The minimum absolute atomic E-state index is 0.0585. The van der Waals surface area contributed by atoms with Crippen LogP contribution in [0.15, 0.2) is 24.3 Å². The summed E-state index contributed by atoms with van der Waals surface area (Å²) in [5.74, 6) is -0.665. The van der Waals surface area contributed by atoms with Gasteiger partial charge in [0.2, 0.25) is 5.91 Å². The molecule has 0 spiro atoms. The molecule has 4 rings (SSSR count). The van der Waals surface area contributed by atoms with E-state index in [2.05, 4.69) is 21.2 Å². The van der Waals surface area contributed by atoms with Gasteiger partial charge in [0.1, 0.15) is 6.10 Å². The van der Waals surface area contributed by atoms with Crippen LogP contribution in [0.25, 0.3) is 0 Å². The molecular formula is C15H13BrClNO3. The molecular weight excluding hydrogens is 358 g/mol. The summed E-state index contributed by atoms with van der Waals surface area (Å²) in [5, 5.41) is 3.36.